The Hall–Kier alpha value is -1.86. The lowest BCUT2D eigenvalue weighted by Gasteiger charge is -2.19. The third-order valence-electron chi connectivity index (χ3n) is 2.80. The summed E-state index contributed by atoms with van der Waals surface area (Å²) in [6.07, 6.45) is 1.85. The van der Waals surface area contributed by atoms with Crippen molar-refractivity contribution in [2.24, 2.45) is 0 Å². The number of aryl methyl sites for hydroxylation is 1. The zero-order chi connectivity index (χ0) is 13.8. The van der Waals surface area contributed by atoms with Gasteiger partial charge in [0.1, 0.15) is 5.82 Å². The summed E-state index contributed by atoms with van der Waals surface area (Å²) >= 11 is 3.53. The predicted molar refractivity (Wildman–Crippen MR) is 79.9 cm³/mol. The maximum absolute atomic E-state index is 8.90. The summed E-state index contributed by atoms with van der Waals surface area (Å²) in [6.45, 7) is 2.72. The minimum absolute atomic E-state index is 0.682. The highest BCUT2D eigenvalue weighted by Crippen LogP contribution is 2.24. The number of hydrogen-bond acceptors (Lipinski definition) is 3. The Bertz CT molecular complexity index is 632. The van der Waals surface area contributed by atoms with Crippen LogP contribution in [-0.4, -0.2) is 12.0 Å². The predicted octanol–water partition coefficient (Wildman–Crippen LogP) is 3.66. The van der Waals surface area contributed by atoms with Crippen molar-refractivity contribution in [1.82, 2.24) is 4.98 Å². The second-order valence-corrected chi connectivity index (χ2v) is 5.34. The van der Waals surface area contributed by atoms with Crippen LogP contribution in [0.15, 0.2) is 41.0 Å². The number of aromatic nitrogens is 1. The van der Waals surface area contributed by atoms with Crippen LogP contribution < -0.4 is 4.90 Å². The Morgan fingerprint density at radius 1 is 1.37 bits per heavy atom. The molecule has 1 aromatic heterocycles. The molecule has 0 N–H and O–H groups in total. The molecule has 0 saturated heterocycles. The fraction of sp³-hybridized carbons (Fsp3) is 0.200. The molecular weight excluding hydrogens is 302 g/mol. The van der Waals surface area contributed by atoms with E-state index in [-0.39, 0.29) is 0 Å². The number of nitrogens with zero attached hydrogens (tertiary/aromatic N) is 3. The van der Waals surface area contributed by atoms with Gasteiger partial charge < -0.3 is 4.90 Å². The average molecular weight is 316 g/mol. The fourth-order valence-electron chi connectivity index (χ4n) is 1.90. The minimum Gasteiger partial charge on any atom is -0.354 e. The highest BCUT2D eigenvalue weighted by molar-refractivity contribution is 9.10. The van der Waals surface area contributed by atoms with Crippen LogP contribution in [0.4, 0.5) is 5.82 Å². The molecule has 0 aliphatic rings. The van der Waals surface area contributed by atoms with Crippen molar-refractivity contribution in [3.05, 3.63) is 57.7 Å². The second-order valence-electron chi connectivity index (χ2n) is 4.49. The summed E-state index contributed by atoms with van der Waals surface area (Å²) < 4.78 is 0.978. The van der Waals surface area contributed by atoms with Gasteiger partial charge in [-0.2, -0.15) is 5.26 Å². The van der Waals surface area contributed by atoms with E-state index in [0.717, 1.165) is 21.4 Å². The maximum Gasteiger partial charge on any atom is 0.142 e. The van der Waals surface area contributed by atoms with Crippen molar-refractivity contribution in [3.8, 4) is 6.07 Å². The van der Waals surface area contributed by atoms with Gasteiger partial charge in [-0.3, -0.25) is 0 Å². The lowest BCUT2D eigenvalue weighted by atomic mass is 10.1. The van der Waals surface area contributed by atoms with Crippen LogP contribution >= 0.6 is 15.9 Å². The van der Waals surface area contributed by atoms with Crippen molar-refractivity contribution in [2.75, 3.05) is 11.9 Å². The Balaban J connectivity index is 2.20. The first-order valence-corrected chi connectivity index (χ1v) is 6.72. The van der Waals surface area contributed by atoms with Crippen molar-refractivity contribution >= 4 is 21.7 Å². The highest BCUT2D eigenvalue weighted by atomic mass is 79.9. The van der Waals surface area contributed by atoms with Gasteiger partial charge in [0.25, 0.3) is 0 Å². The normalized spacial score (nSPS) is 10.0. The fourth-order valence-corrected chi connectivity index (χ4v) is 2.66. The van der Waals surface area contributed by atoms with Gasteiger partial charge in [0, 0.05) is 19.8 Å². The zero-order valence-electron chi connectivity index (χ0n) is 10.9. The van der Waals surface area contributed by atoms with E-state index in [9.17, 15) is 0 Å². The van der Waals surface area contributed by atoms with E-state index in [2.05, 4.69) is 31.9 Å². The Labute approximate surface area is 121 Å². The van der Waals surface area contributed by atoms with Gasteiger partial charge in [0.2, 0.25) is 0 Å². The van der Waals surface area contributed by atoms with E-state index >= 15 is 0 Å². The molecule has 2 rings (SSSR count). The topological polar surface area (TPSA) is 39.9 Å². The van der Waals surface area contributed by atoms with E-state index < -0.39 is 0 Å². The molecule has 1 aromatic carbocycles. The van der Waals surface area contributed by atoms with Crippen LogP contribution in [0.3, 0.4) is 0 Å². The van der Waals surface area contributed by atoms with Crippen LogP contribution in [0.1, 0.15) is 16.7 Å². The van der Waals surface area contributed by atoms with Gasteiger partial charge in [-0.15, -0.1) is 0 Å². The molecule has 2 aromatic rings. The number of nitriles is 1. The van der Waals surface area contributed by atoms with Gasteiger partial charge in [-0.05, 0) is 52.2 Å². The summed E-state index contributed by atoms with van der Waals surface area (Å²) in [6, 6.07) is 11.8. The molecule has 0 saturated carbocycles. The van der Waals surface area contributed by atoms with Crippen molar-refractivity contribution in [1.29, 1.82) is 5.26 Å². The molecule has 0 unspecified atom stereocenters. The molecule has 1 heterocycles. The minimum atomic E-state index is 0.682. The molecule has 0 bridgehead atoms. The van der Waals surface area contributed by atoms with Crippen LogP contribution in [-0.2, 0) is 6.54 Å². The number of anilines is 1. The summed E-state index contributed by atoms with van der Waals surface area (Å²) in [5.41, 5.74) is 2.90. The molecule has 3 nitrogen and oxygen atoms in total. The zero-order valence-corrected chi connectivity index (χ0v) is 12.5. The molecule has 0 spiro atoms. The Morgan fingerprint density at radius 2 is 2.16 bits per heavy atom. The van der Waals surface area contributed by atoms with Crippen molar-refractivity contribution in [3.63, 3.8) is 0 Å². The Kier molecular flexibility index (Phi) is 4.18. The van der Waals surface area contributed by atoms with Crippen molar-refractivity contribution < 1.29 is 0 Å². The molecule has 0 radical (unpaired) electrons. The third-order valence-corrected chi connectivity index (χ3v) is 3.38. The number of hydrogen-bond donors (Lipinski definition) is 0. The van der Waals surface area contributed by atoms with Crippen LogP contribution in [0.2, 0.25) is 0 Å². The first kappa shape index (κ1) is 13.6. The molecule has 0 atom stereocenters. The molecule has 0 aliphatic heterocycles. The molecule has 19 heavy (non-hydrogen) atoms. The lowest BCUT2D eigenvalue weighted by molar-refractivity contribution is 0.892. The van der Waals surface area contributed by atoms with E-state index in [4.69, 9.17) is 5.26 Å². The van der Waals surface area contributed by atoms with Gasteiger partial charge in [-0.1, -0.05) is 12.1 Å². The Morgan fingerprint density at radius 3 is 2.84 bits per heavy atom. The maximum atomic E-state index is 8.90. The van der Waals surface area contributed by atoms with E-state index in [1.54, 1.807) is 0 Å². The number of benzene rings is 1. The highest BCUT2D eigenvalue weighted by Gasteiger charge is 2.08. The molecule has 96 valence electrons. The molecular formula is C15H14BrN3. The second kappa shape index (κ2) is 5.85. The molecule has 0 aliphatic carbocycles. The molecule has 4 heteroatoms. The summed E-state index contributed by atoms with van der Waals surface area (Å²) in [7, 11) is 1.99. The quantitative estimate of drug-likeness (QED) is 0.867. The monoisotopic (exact) mass is 315 g/mol. The van der Waals surface area contributed by atoms with Gasteiger partial charge in [0.15, 0.2) is 0 Å². The largest absolute Gasteiger partial charge is 0.354 e. The van der Waals surface area contributed by atoms with E-state index in [1.165, 1.54) is 0 Å². The number of rotatable bonds is 3. The third kappa shape index (κ3) is 3.33. The van der Waals surface area contributed by atoms with Crippen LogP contribution in [0.5, 0.6) is 0 Å². The summed E-state index contributed by atoms with van der Waals surface area (Å²) in [5.74, 6) is 0.896. The standard InChI is InChI=1S/C15H14BrN3/c1-11-6-14(16)15(18-9-11)19(2)10-13-5-3-4-12(7-13)8-17/h3-7,9H,10H2,1-2H3. The van der Waals surface area contributed by atoms with Gasteiger partial charge >= 0.3 is 0 Å². The summed E-state index contributed by atoms with van der Waals surface area (Å²) in [4.78, 5) is 6.49. The molecule has 0 amide bonds. The van der Waals surface area contributed by atoms with E-state index in [0.29, 0.717) is 12.1 Å². The van der Waals surface area contributed by atoms with Crippen LogP contribution in [0, 0.1) is 18.3 Å². The van der Waals surface area contributed by atoms with Gasteiger partial charge in [0.05, 0.1) is 16.1 Å². The van der Waals surface area contributed by atoms with Gasteiger partial charge in [-0.25, -0.2) is 4.98 Å². The smallest absolute Gasteiger partial charge is 0.142 e. The summed E-state index contributed by atoms with van der Waals surface area (Å²) in [5, 5.41) is 8.90. The number of pyridine rings is 1. The first-order chi connectivity index (χ1) is 9.10. The van der Waals surface area contributed by atoms with Crippen LogP contribution in [0.25, 0.3) is 0 Å². The lowest BCUT2D eigenvalue weighted by Crippen LogP contribution is -2.18. The molecule has 0 fully saturated rings. The SMILES string of the molecule is Cc1cnc(N(C)Cc2cccc(C#N)c2)c(Br)c1. The first-order valence-electron chi connectivity index (χ1n) is 5.92. The average Bonchev–Trinajstić information content (AvgIpc) is 2.38. The van der Waals surface area contributed by atoms with E-state index in [1.807, 2.05) is 50.5 Å². The van der Waals surface area contributed by atoms with Crippen molar-refractivity contribution in [2.45, 2.75) is 13.5 Å². The number of halogens is 1.